The van der Waals surface area contributed by atoms with E-state index in [2.05, 4.69) is 0 Å². The summed E-state index contributed by atoms with van der Waals surface area (Å²) in [5.41, 5.74) is 1.35. The van der Waals surface area contributed by atoms with Crippen LogP contribution in [-0.4, -0.2) is 66.3 Å². The number of rotatable bonds is 8. The molecule has 36 heavy (non-hydrogen) atoms. The molecule has 2 aromatic rings. The fourth-order valence-electron chi connectivity index (χ4n) is 3.68. The minimum atomic E-state index is -0.528. The Bertz CT molecular complexity index is 1200. The third kappa shape index (κ3) is 6.15. The molecule has 2 aliphatic rings. The van der Waals surface area contributed by atoms with Crippen molar-refractivity contribution in [2.75, 3.05) is 39.5 Å². The van der Waals surface area contributed by atoms with Crippen LogP contribution >= 0.6 is 35.0 Å². The van der Waals surface area contributed by atoms with Gasteiger partial charge in [-0.25, -0.2) is 0 Å². The van der Waals surface area contributed by atoms with E-state index in [9.17, 15) is 14.4 Å². The van der Waals surface area contributed by atoms with Crippen molar-refractivity contribution >= 4 is 58.1 Å². The maximum atomic E-state index is 12.9. The SMILES string of the molecule is CCOc1cc(/C=C2\SC(=O)N(CC(=O)N3CCOCC3)C2=O)cc(Cl)c1OCc1ccccc1Cl. The van der Waals surface area contributed by atoms with Gasteiger partial charge in [-0.3, -0.25) is 19.3 Å². The van der Waals surface area contributed by atoms with Crippen molar-refractivity contribution in [1.29, 1.82) is 0 Å². The van der Waals surface area contributed by atoms with Gasteiger partial charge in [0.1, 0.15) is 13.2 Å². The van der Waals surface area contributed by atoms with Crippen molar-refractivity contribution in [3.8, 4) is 11.5 Å². The Morgan fingerprint density at radius 2 is 1.86 bits per heavy atom. The number of carbonyl (C=O) groups is 3. The highest BCUT2D eigenvalue weighted by Gasteiger charge is 2.37. The summed E-state index contributed by atoms with van der Waals surface area (Å²) in [6.07, 6.45) is 1.55. The van der Waals surface area contributed by atoms with Crippen LogP contribution in [0.25, 0.3) is 6.08 Å². The molecule has 2 fully saturated rings. The number of thioether (sulfide) groups is 1. The van der Waals surface area contributed by atoms with Crippen LogP contribution < -0.4 is 9.47 Å². The molecule has 8 nitrogen and oxygen atoms in total. The average Bonchev–Trinajstić information content (AvgIpc) is 3.12. The van der Waals surface area contributed by atoms with Crippen molar-refractivity contribution in [3.05, 3.63) is 62.5 Å². The van der Waals surface area contributed by atoms with Gasteiger partial charge in [-0.2, -0.15) is 0 Å². The number of hydrogen-bond acceptors (Lipinski definition) is 7. The summed E-state index contributed by atoms with van der Waals surface area (Å²) in [5.74, 6) is -0.0758. The number of carbonyl (C=O) groups excluding carboxylic acids is 3. The molecule has 2 heterocycles. The van der Waals surface area contributed by atoms with Gasteiger partial charge in [-0.05, 0) is 48.5 Å². The highest BCUT2D eigenvalue weighted by atomic mass is 35.5. The summed E-state index contributed by atoms with van der Waals surface area (Å²) >= 11 is 13.5. The first-order valence-corrected chi connectivity index (χ1v) is 12.9. The van der Waals surface area contributed by atoms with Gasteiger partial charge in [-0.1, -0.05) is 41.4 Å². The zero-order chi connectivity index (χ0) is 25.7. The van der Waals surface area contributed by atoms with Crippen LogP contribution in [0, 0.1) is 0 Å². The molecule has 2 aliphatic heterocycles. The lowest BCUT2D eigenvalue weighted by Gasteiger charge is -2.28. The van der Waals surface area contributed by atoms with Gasteiger partial charge in [-0.15, -0.1) is 0 Å². The van der Waals surface area contributed by atoms with E-state index in [0.717, 1.165) is 22.2 Å². The number of benzene rings is 2. The predicted octanol–water partition coefficient (Wildman–Crippen LogP) is 4.87. The van der Waals surface area contributed by atoms with Crippen molar-refractivity contribution in [3.63, 3.8) is 0 Å². The smallest absolute Gasteiger partial charge is 0.294 e. The van der Waals surface area contributed by atoms with E-state index in [0.29, 0.717) is 55.0 Å². The molecular weight excluding hydrogens is 527 g/mol. The fraction of sp³-hybridized carbons (Fsp3) is 0.320. The van der Waals surface area contributed by atoms with Crippen LogP contribution in [0.1, 0.15) is 18.1 Å². The Morgan fingerprint density at radius 1 is 1.11 bits per heavy atom. The second-order valence-electron chi connectivity index (χ2n) is 7.90. The van der Waals surface area contributed by atoms with E-state index >= 15 is 0 Å². The maximum Gasteiger partial charge on any atom is 0.294 e. The van der Waals surface area contributed by atoms with Crippen molar-refractivity contribution in [2.45, 2.75) is 13.5 Å². The molecule has 2 aromatic carbocycles. The third-order valence-electron chi connectivity index (χ3n) is 5.49. The lowest BCUT2D eigenvalue weighted by Crippen LogP contribution is -2.46. The quantitative estimate of drug-likeness (QED) is 0.433. The second kappa shape index (κ2) is 12.0. The molecule has 190 valence electrons. The zero-order valence-electron chi connectivity index (χ0n) is 19.5. The Kier molecular flexibility index (Phi) is 8.79. The summed E-state index contributed by atoms with van der Waals surface area (Å²) < 4.78 is 16.9. The van der Waals surface area contributed by atoms with Crippen LogP contribution in [0.4, 0.5) is 4.79 Å². The van der Waals surface area contributed by atoms with Crippen molar-refractivity contribution < 1.29 is 28.6 Å². The predicted molar refractivity (Wildman–Crippen MR) is 138 cm³/mol. The number of nitrogens with zero attached hydrogens (tertiary/aromatic N) is 2. The molecule has 2 saturated heterocycles. The maximum absolute atomic E-state index is 12.9. The second-order valence-corrected chi connectivity index (χ2v) is 9.71. The number of ether oxygens (including phenoxy) is 3. The molecule has 0 unspecified atom stereocenters. The summed E-state index contributed by atoms with van der Waals surface area (Å²) in [6, 6.07) is 10.6. The van der Waals surface area contributed by atoms with E-state index in [1.807, 2.05) is 25.1 Å². The molecule has 0 aliphatic carbocycles. The Balaban J connectivity index is 1.51. The number of morpholine rings is 1. The van der Waals surface area contributed by atoms with Crippen molar-refractivity contribution in [2.24, 2.45) is 0 Å². The number of hydrogen-bond donors (Lipinski definition) is 0. The van der Waals surface area contributed by atoms with Gasteiger partial charge in [0.05, 0.1) is 29.7 Å². The highest BCUT2D eigenvalue weighted by Crippen LogP contribution is 2.39. The minimum absolute atomic E-state index is 0.189. The Labute approximate surface area is 223 Å². The first-order chi connectivity index (χ1) is 17.4. The number of imide groups is 1. The topological polar surface area (TPSA) is 85.4 Å². The molecule has 0 N–H and O–H groups in total. The van der Waals surface area contributed by atoms with Gasteiger partial charge < -0.3 is 19.1 Å². The average molecular weight is 551 g/mol. The fourth-order valence-corrected chi connectivity index (χ4v) is 4.98. The summed E-state index contributed by atoms with van der Waals surface area (Å²) in [5, 5.41) is 0.357. The van der Waals surface area contributed by atoms with E-state index in [1.54, 1.807) is 29.2 Å². The summed E-state index contributed by atoms with van der Waals surface area (Å²) in [4.78, 5) is 40.7. The lowest BCUT2D eigenvalue weighted by molar-refractivity contribution is -0.139. The Morgan fingerprint density at radius 3 is 2.58 bits per heavy atom. The first kappa shape index (κ1) is 26.3. The van der Waals surface area contributed by atoms with Crippen LogP contribution in [0.3, 0.4) is 0 Å². The molecule has 4 rings (SSSR count). The number of amides is 3. The van der Waals surface area contributed by atoms with Gasteiger partial charge in [0.15, 0.2) is 11.5 Å². The molecule has 0 saturated carbocycles. The minimum Gasteiger partial charge on any atom is -0.490 e. The largest absolute Gasteiger partial charge is 0.490 e. The Hall–Kier alpha value is -2.72. The zero-order valence-corrected chi connectivity index (χ0v) is 21.8. The molecule has 0 aromatic heterocycles. The van der Waals surface area contributed by atoms with Gasteiger partial charge >= 0.3 is 0 Å². The standard InChI is InChI=1S/C25H24Cl2N2O6S/c1-2-34-20-12-16(11-19(27)23(20)35-15-17-5-3-4-6-18(17)26)13-21-24(31)29(25(32)36-21)14-22(30)28-7-9-33-10-8-28/h3-6,11-13H,2,7-10,14-15H2,1H3/b21-13-. The van der Waals surface area contributed by atoms with E-state index in [4.69, 9.17) is 37.4 Å². The molecule has 0 atom stereocenters. The van der Waals surface area contributed by atoms with Crippen LogP contribution in [0.5, 0.6) is 11.5 Å². The van der Waals surface area contributed by atoms with Gasteiger partial charge in [0.2, 0.25) is 5.91 Å². The normalized spacial score (nSPS) is 17.1. The van der Waals surface area contributed by atoms with Crippen LogP contribution in [-0.2, 0) is 20.9 Å². The highest BCUT2D eigenvalue weighted by molar-refractivity contribution is 8.18. The number of halogens is 2. The molecule has 0 radical (unpaired) electrons. The van der Waals surface area contributed by atoms with E-state index in [1.165, 1.54) is 0 Å². The van der Waals surface area contributed by atoms with Crippen LogP contribution in [0.15, 0.2) is 41.3 Å². The summed E-state index contributed by atoms with van der Waals surface area (Å²) in [7, 11) is 0. The first-order valence-electron chi connectivity index (χ1n) is 11.3. The van der Waals surface area contributed by atoms with E-state index < -0.39 is 11.1 Å². The van der Waals surface area contributed by atoms with Gasteiger partial charge in [0.25, 0.3) is 11.1 Å². The van der Waals surface area contributed by atoms with Crippen LogP contribution in [0.2, 0.25) is 10.0 Å². The molecule has 0 spiro atoms. The monoisotopic (exact) mass is 550 g/mol. The van der Waals surface area contributed by atoms with E-state index in [-0.39, 0.29) is 29.0 Å². The van der Waals surface area contributed by atoms with Crippen molar-refractivity contribution in [1.82, 2.24) is 9.80 Å². The summed E-state index contributed by atoms with van der Waals surface area (Å²) in [6.45, 7) is 3.83. The molecule has 11 heteroatoms. The molecule has 0 bridgehead atoms. The van der Waals surface area contributed by atoms with Gasteiger partial charge in [0, 0.05) is 23.7 Å². The molecular formula is C25H24Cl2N2O6S. The molecule has 3 amide bonds. The lowest BCUT2D eigenvalue weighted by atomic mass is 10.1. The third-order valence-corrected chi connectivity index (χ3v) is 7.05.